The van der Waals surface area contributed by atoms with Crippen LogP contribution in [0, 0.1) is 5.92 Å². The Morgan fingerprint density at radius 3 is 2.44 bits per heavy atom. The quantitative estimate of drug-likeness (QED) is 0.827. The first-order valence-electron chi connectivity index (χ1n) is 7.00. The van der Waals surface area contributed by atoms with E-state index in [0.717, 1.165) is 25.7 Å². The van der Waals surface area contributed by atoms with E-state index in [1.165, 1.54) is 0 Å². The van der Waals surface area contributed by atoms with Crippen LogP contribution >= 0.6 is 0 Å². The summed E-state index contributed by atoms with van der Waals surface area (Å²) in [6.45, 7) is 0. The summed E-state index contributed by atoms with van der Waals surface area (Å²) in [7, 11) is 0. The number of ether oxygens (including phenoxy) is 1. The molecule has 0 aromatic rings. The summed E-state index contributed by atoms with van der Waals surface area (Å²) in [5, 5.41) is 3.43. The zero-order chi connectivity index (χ0) is 12.8. The van der Waals surface area contributed by atoms with Crippen LogP contribution in [-0.4, -0.2) is 30.5 Å². The Bertz CT molecular complexity index is 307. The summed E-state index contributed by atoms with van der Waals surface area (Å²) in [4.78, 5) is 0. The van der Waals surface area contributed by atoms with Crippen molar-refractivity contribution in [1.29, 1.82) is 0 Å². The first kappa shape index (κ1) is 12.7. The molecular weight excluding hydrogens is 243 g/mol. The highest BCUT2D eigenvalue weighted by Crippen LogP contribution is 2.39. The molecule has 1 N–H and O–H groups in total. The van der Waals surface area contributed by atoms with E-state index in [9.17, 15) is 13.2 Å². The largest absolute Gasteiger partial charge is 0.391 e. The smallest absolute Gasteiger partial charge is 0.373 e. The molecule has 0 aromatic heterocycles. The minimum atomic E-state index is -4.02. The van der Waals surface area contributed by atoms with Gasteiger partial charge in [-0.1, -0.05) is 6.42 Å². The van der Waals surface area contributed by atoms with Gasteiger partial charge in [-0.2, -0.15) is 13.2 Å². The lowest BCUT2D eigenvalue weighted by atomic mass is 9.84. The molecule has 0 amide bonds. The molecule has 0 unspecified atom stereocenters. The number of hydrogen-bond donors (Lipinski definition) is 1. The van der Waals surface area contributed by atoms with E-state index >= 15 is 0 Å². The van der Waals surface area contributed by atoms with Crippen LogP contribution in [0.25, 0.3) is 0 Å². The SMILES string of the molecule is FC(F)(F)[C@H]1CCC[C@H](N[C@@H]2C[C@H]3CC[C@@H]2O3)C1. The van der Waals surface area contributed by atoms with Crippen molar-refractivity contribution in [2.45, 2.75) is 75.4 Å². The van der Waals surface area contributed by atoms with Gasteiger partial charge in [0.25, 0.3) is 0 Å². The van der Waals surface area contributed by atoms with Crippen LogP contribution in [0.3, 0.4) is 0 Å². The van der Waals surface area contributed by atoms with Crippen LogP contribution in [0.5, 0.6) is 0 Å². The molecule has 0 radical (unpaired) electrons. The van der Waals surface area contributed by atoms with Gasteiger partial charge >= 0.3 is 6.18 Å². The molecule has 2 saturated heterocycles. The van der Waals surface area contributed by atoms with E-state index in [0.29, 0.717) is 25.0 Å². The maximum Gasteiger partial charge on any atom is 0.391 e. The van der Waals surface area contributed by atoms with Crippen molar-refractivity contribution < 1.29 is 17.9 Å². The van der Waals surface area contributed by atoms with Crippen molar-refractivity contribution in [2.24, 2.45) is 5.92 Å². The Morgan fingerprint density at radius 2 is 1.83 bits per heavy atom. The first-order valence-corrected chi connectivity index (χ1v) is 7.00. The molecule has 3 fully saturated rings. The molecule has 3 aliphatic rings. The summed E-state index contributed by atoms with van der Waals surface area (Å²) in [5.74, 6) is -1.11. The van der Waals surface area contributed by atoms with Crippen LogP contribution in [0.1, 0.15) is 44.9 Å². The van der Waals surface area contributed by atoms with Gasteiger partial charge in [-0.05, 0) is 38.5 Å². The van der Waals surface area contributed by atoms with Crippen molar-refractivity contribution in [3.8, 4) is 0 Å². The molecule has 0 aromatic carbocycles. The highest BCUT2D eigenvalue weighted by Gasteiger charge is 2.45. The molecule has 1 aliphatic carbocycles. The number of halogens is 3. The predicted octanol–water partition coefficient (Wildman–Crippen LogP) is 3.02. The van der Waals surface area contributed by atoms with Gasteiger partial charge in [0.05, 0.1) is 18.1 Å². The molecule has 2 aliphatic heterocycles. The van der Waals surface area contributed by atoms with Gasteiger partial charge in [-0.15, -0.1) is 0 Å². The molecule has 18 heavy (non-hydrogen) atoms. The average Bonchev–Trinajstić information content (AvgIpc) is 2.90. The first-order chi connectivity index (χ1) is 8.52. The maximum absolute atomic E-state index is 12.7. The molecule has 5 heteroatoms. The lowest BCUT2D eigenvalue weighted by Crippen LogP contribution is -2.47. The van der Waals surface area contributed by atoms with Crippen molar-refractivity contribution >= 4 is 0 Å². The summed E-state index contributed by atoms with van der Waals surface area (Å²) in [6.07, 6.45) is 1.87. The van der Waals surface area contributed by atoms with Crippen LogP contribution in [0.4, 0.5) is 13.2 Å². The second kappa shape index (κ2) is 4.67. The minimum absolute atomic E-state index is 0.0262. The maximum atomic E-state index is 12.7. The molecule has 2 bridgehead atoms. The Kier molecular flexibility index (Phi) is 3.30. The molecule has 104 valence electrons. The van der Waals surface area contributed by atoms with Gasteiger partial charge in [0.15, 0.2) is 0 Å². The van der Waals surface area contributed by atoms with Crippen LogP contribution in [0.2, 0.25) is 0 Å². The normalized spacial score (nSPS) is 44.5. The third-order valence-electron chi connectivity index (χ3n) is 4.69. The zero-order valence-corrected chi connectivity index (χ0v) is 10.4. The number of nitrogens with one attached hydrogen (secondary N) is 1. The standard InChI is InChI=1S/C13H20F3NO/c14-13(15,16)8-2-1-3-9(6-8)17-11-7-10-4-5-12(11)18-10/h8-12,17H,1-7H2/t8-,9-,10+,11+,12-/m0/s1. The molecule has 3 rings (SSSR count). The number of hydrogen-bond acceptors (Lipinski definition) is 2. The second-order valence-corrected chi connectivity index (χ2v) is 5.98. The second-order valence-electron chi connectivity index (χ2n) is 5.98. The fourth-order valence-electron chi connectivity index (χ4n) is 3.75. The summed E-state index contributed by atoms with van der Waals surface area (Å²) < 4.78 is 43.9. The van der Waals surface area contributed by atoms with Gasteiger partial charge in [-0.25, -0.2) is 0 Å². The van der Waals surface area contributed by atoms with Crippen molar-refractivity contribution in [3.05, 3.63) is 0 Å². The molecule has 1 saturated carbocycles. The predicted molar refractivity (Wildman–Crippen MR) is 61.2 cm³/mol. The van der Waals surface area contributed by atoms with Crippen LogP contribution in [0.15, 0.2) is 0 Å². The topological polar surface area (TPSA) is 21.3 Å². The highest BCUT2D eigenvalue weighted by atomic mass is 19.4. The third-order valence-corrected chi connectivity index (χ3v) is 4.69. The fraction of sp³-hybridized carbons (Fsp3) is 1.00. The van der Waals surface area contributed by atoms with E-state index in [2.05, 4.69) is 5.32 Å². The van der Waals surface area contributed by atoms with E-state index in [1.807, 2.05) is 0 Å². The Hall–Kier alpha value is -0.290. The van der Waals surface area contributed by atoms with E-state index < -0.39 is 12.1 Å². The lowest BCUT2D eigenvalue weighted by molar-refractivity contribution is -0.184. The Balaban J connectivity index is 1.54. The molecule has 0 spiro atoms. The zero-order valence-electron chi connectivity index (χ0n) is 10.4. The molecular formula is C13H20F3NO. The van der Waals surface area contributed by atoms with Gasteiger partial charge in [-0.3, -0.25) is 0 Å². The van der Waals surface area contributed by atoms with E-state index in [4.69, 9.17) is 4.74 Å². The summed E-state index contributed by atoms with van der Waals surface area (Å²) in [6, 6.07) is 0.319. The number of alkyl halides is 3. The summed E-state index contributed by atoms with van der Waals surface area (Å²) in [5.41, 5.74) is 0. The number of fused-ring (bicyclic) bond motifs is 2. The summed E-state index contributed by atoms with van der Waals surface area (Å²) >= 11 is 0. The Morgan fingerprint density at radius 1 is 1.00 bits per heavy atom. The van der Waals surface area contributed by atoms with Crippen molar-refractivity contribution in [1.82, 2.24) is 5.32 Å². The van der Waals surface area contributed by atoms with Crippen molar-refractivity contribution in [2.75, 3.05) is 0 Å². The monoisotopic (exact) mass is 263 g/mol. The lowest BCUT2D eigenvalue weighted by Gasteiger charge is -2.34. The number of rotatable bonds is 2. The van der Waals surface area contributed by atoms with Crippen LogP contribution < -0.4 is 5.32 Å². The fourth-order valence-corrected chi connectivity index (χ4v) is 3.75. The van der Waals surface area contributed by atoms with Crippen LogP contribution in [-0.2, 0) is 4.74 Å². The van der Waals surface area contributed by atoms with Gasteiger partial charge in [0.2, 0.25) is 0 Å². The van der Waals surface area contributed by atoms with Gasteiger partial charge in [0.1, 0.15) is 0 Å². The van der Waals surface area contributed by atoms with E-state index in [-0.39, 0.29) is 18.6 Å². The average molecular weight is 263 g/mol. The molecule has 2 heterocycles. The van der Waals surface area contributed by atoms with Gasteiger partial charge in [0, 0.05) is 12.1 Å². The highest BCUT2D eigenvalue weighted by molar-refractivity contribution is 4.96. The Labute approximate surface area is 105 Å². The third kappa shape index (κ3) is 2.52. The molecule has 5 atom stereocenters. The van der Waals surface area contributed by atoms with Gasteiger partial charge < -0.3 is 10.1 Å². The molecule has 2 nitrogen and oxygen atoms in total. The van der Waals surface area contributed by atoms with Crippen molar-refractivity contribution in [3.63, 3.8) is 0 Å². The van der Waals surface area contributed by atoms with E-state index in [1.54, 1.807) is 0 Å². The minimum Gasteiger partial charge on any atom is -0.373 e.